The highest BCUT2D eigenvalue weighted by Crippen LogP contribution is 2.31. The first-order valence-corrected chi connectivity index (χ1v) is 9.13. The minimum atomic E-state index is -0.0707. The van der Waals surface area contributed by atoms with Crippen molar-refractivity contribution in [3.8, 4) is 0 Å². The first-order chi connectivity index (χ1) is 11.0. The summed E-state index contributed by atoms with van der Waals surface area (Å²) in [6.07, 6.45) is 3.94. The minimum absolute atomic E-state index is 0.00401. The van der Waals surface area contributed by atoms with Gasteiger partial charge in [-0.05, 0) is 38.8 Å². The lowest BCUT2D eigenvalue weighted by Gasteiger charge is -2.35. The lowest BCUT2D eigenvalue weighted by Crippen LogP contribution is -2.48. The van der Waals surface area contributed by atoms with Crippen LogP contribution < -0.4 is 0 Å². The first kappa shape index (κ1) is 16.5. The van der Waals surface area contributed by atoms with Gasteiger partial charge < -0.3 is 9.80 Å². The van der Waals surface area contributed by atoms with Crippen LogP contribution >= 0.6 is 22.9 Å². The van der Waals surface area contributed by atoms with E-state index in [1.54, 1.807) is 12.1 Å². The molecule has 0 aromatic carbocycles. The maximum atomic E-state index is 12.7. The molecule has 2 amide bonds. The highest BCUT2D eigenvalue weighted by molar-refractivity contribution is 7.17. The van der Waals surface area contributed by atoms with E-state index < -0.39 is 0 Å². The third-order valence-electron chi connectivity index (χ3n) is 4.56. The summed E-state index contributed by atoms with van der Waals surface area (Å²) in [6, 6.07) is 3.64. The zero-order valence-corrected chi connectivity index (χ0v) is 15.0. The van der Waals surface area contributed by atoms with E-state index in [1.807, 2.05) is 23.6 Å². The fourth-order valence-electron chi connectivity index (χ4n) is 3.31. The molecule has 0 spiro atoms. The van der Waals surface area contributed by atoms with Crippen molar-refractivity contribution in [3.63, 3.8) is 0 Å². The Morgan fingerprint density at radius 1 is 1.35 bits per heavy atom. The Labute approximate surface area is 145 Å². The predicted octanol–water partition coefficient (Wildman–Crippen LogP) is 3.43. The average Bonchev–Trinajstić information content (AvgIpc) is 2.76. The van der Waals surface area contributed by atoms with Crippen LogP contribution in [-0.4, -0.2) is 47.3 Å². The van der Waals surface area contributed by atoms with Crippen LogP contribution in [-0.2, 0) is 4.79 Å². The van der Waals surface area contributed by atoms with Crippen LogP contribution in [0.5, 0.6) is 0 Å². The summed E-state index contributed by atoms with van der Waals surface area (Å²) < 4.78 is 0.618. The van der Waals surface area contributed by atoms with E-state index in [2.05, 4.69) is 6.08 Å². The van der Waals surface area contributed by atoms with E-state index in [4.69, 9.17) is 11.6 Å². The molecule has 2 atom stereocenters. The number of nitrogens with zero attached hydrogens (tertiary/aromatic N) is 2. The number of piperidine rings is 1. The molecule has 1 aromatic rings. The number of rotatable bonds is 3. The topological polar surface area (TPSA) is 40.6 Å². The summed E-state index contributed by atoms with van der Waals surface area (Å²) in [5, 5.41) is 0. The molecular formula is C17H21ClN2O2S. The van der Waals surface area contributed by atoms with Crippen molar-refractivity contribution in [2.24, 2.45) is 5.92 Å². The number of hydrogen-bond acceptors (Lipinski definition) is 3. The number of carbonyl (C=O) groups excluding carboxylic acids is 2. The molecule has 0 N–H and O–H groups in total. The van der Waals surface area contributed by atoms with Gasteiger partial charge in [0.25, 0.3) is 5.91 Å². The summed E-state index contributed by atoms with van der Waals surface area (Å²) in [4.78, 5) is 29.8. The predicted molar refractivity (Wildman–Crippen MR) is 92.9 cm³/mol. The third-order valence-corrected chi connectivity index (χ3v) is 5.78. The van der Waals surface area contributed by atoms with Crippen molar-refractivity contribution in [2.75, 3.05) is 19.6 Å². The van der Waals surface area contributed by atoms with Crippen molar-refractivity contribution in [3.05, 3.63) is 33.0 Å². The second-order valence-electron chi connectivity index (χ2n) is 6.51. The fourth-order valence-corrected chi connectivity index (χ4v) is 4.32. The molecule has 4 heterocycles. The normalized spacial score (nSPS) is 23.9. The lowest BCUT2D eigenvalue weighted by molar-refractivity contribution is -0.139. The molecule has 23 heavy (non-hydrogen) atoms. The van der Waals surface area contributed by atoms with Crippen LogP contribution in [0.4, 0.5) is 0 Å². The van der Waals surface area contributed by atoms with Gasteiger partial charge in [0, 0.05) is 25.7 Å². The van der Waals surface area contributed by atoms with E-state index in [0.29, 0.717) is 28.8 Å². The molecule has 3 fully saturated rings. The van der Waals surface area contributed by atoms with Crippen LogP contribution in [0.25, 0.3) is 0 Å². The van der Waals surface area contributed by atoms with Gasteiger partial charge in [0.15, 0.2) is 0 Å². The second kappa shape index (κ2) is 6.65. The molecular weight excluding hydrogens is 332 g/mol. The van der Waals surface area contributed by atoms with E-state index in [0.717, 1.165) is 12.8 Å². The summed E-state index contributed by atoms with van der Waals surface area (Å²) >= 11 is 7.24. The maximum Gasteiger partial charge on any atom is 0.264 e. The van der Waals surface area contributed by atoms with Crippen LogP contribution in [0.3, 0.4) is 0 Å². The number of halogens is 1. The van der Waals surface area contributed by atoms with E-state index >= 15 is 0 Å². The van der Waals surface area contributed by atoms with Crippen molar-refractivity contribution < 1.29 is 9.59 Å². The third kappa shape index (κ3) is 3.45. The van der Waals surface area contributed by atoms with E-state index in [9.17, 15) is 9.59 Å². The monoisotopic (exact) mass is 352 g/mol. The highest BCUT2D eigenvalue weighted by Gasteiger charge is 2.41. The molecule has 124 valence electrons. The number of hydrogen-bond donors (Lipinski definition) is 0. The summed E-state index contributed by atoms with van der Waals surface area (Å²) in [7, 11) is 0. The molecule has 0 radical (unpaired) electrons. The molecule has 2 bridgehead atoms. The molecule has 4 nitrogen and oxygen atoms in total. The Hall–Kier alpha value is -1.33. The molecule has 1 aromatic heterocycles. The zero-order chi connectivity index (χ0) is 16.6. The van der Waals surface area contributed by atoms with Crippen LogP contribution in [0.15, 0.2) is 23.8 Å². The van der Waals surface area contributed by atoms with Crippen molar-refractivity contribution >= 4 is 34.8 Å². The molecule has 0 unspecified atom stereocenters. The smallest absolute Gasteiger partial charge is 0.264 e. The molecule has 3 aliphatic rings. The van der Waals surface area contributed by atoms with Gasteiger partial charge in [-0.1, -0.05) is 23.3 Å². The van der Waals surface area contributed by atoms with Crippen LogP contribution in [0.2, 0.25) is 4.34 Å². The first-order valence-electron chi connectivity index (χ1n) is 7.94. The summed E-state index contributed by atoms with van der Waals surface area (Å²) in [5.41, 5.74) is 1.21. The van der Waals surface area contributed by atoms with E-state index in [1.165, 1.54) is 16.9 Å². The second-order valence-corrected chi connectivity index (χ2v) is 8.23. The SMILES string of the molecule is CC(C)=CCN1C(=O)[C@H]2CC[C@@H]1CN(C(=O)c1ccc(Cl)s1)C2. The minimum Gasteiger partial charge on any atom is -0.335 e. The molecule has 3 saturated heterocycles. The Morgan fingerprint density at radius 3 is 2.78 bits per heavy atom. The van der Waals surface area contributed by atoms with Gasteiger partial charge in [0.1, 0.15) is 0 Å². The highest BCUT2D eigenvalue weighted by atomic mass is 35.5. The number of amides is 2. The van der Waals surface area contributed by atoms with Gasteiger partial charge in [0.05, 0.1) is 15.1 Å². The van der Waals surface area contributed by atoms with Crippen molar-refractivity contribution in [1.82, 2.24) is 9.80 Å². The Bertz CT molecular complexity index is 651. The lowest BCUT2D eigenvalue weighted by atomic mass is 9.94. The molecule has 0 saturated carbocycles. The van der Waals surface area contributed by atoms with Gasteiger partial charge in [-0.3, -0.25) is 9.59 Å². The van der Waals surface area contributed by atoms with Gasteiger partial charge >= 0.3 is 0 Å². The van der Waals surface area contributed by atoms with E-state index in [-0.39, 0.29) is 23.8 Å². The number of fused-ring (bicyclic) bond motifs is 4. The van der Waals surface area contributed by atoms with Crippen LogP contribution in [0, 0.1) is 5.92 Å². The molecule has 0 aliphatic carbocycles. The average molecular weight is 353 g/mol. The zero-order valence-electron chi connectivity index (χ0n) is 13.4. The molecule has 3 aliphatic heterocycles. The van der Waals surface area contributed by atoms with Crippen LogP contribution in [0.1, 0.15) is 36.4 Å². The molecule has 6 heteroatoms. The quantitative estimate of drug-likeness (QED) is 0.782. The van der Waals surface area contributed by atoms with Crippen molar-refractivity contribution in [1.29, 1.82) is 0 Å². The number of allylic oxidation sites excluding steroid dienone is 1. The Balaban J connectivity index is 1.79. The number of thiophene rings is 1. The van der Waals surface area contributed by atoms with Gasteiger partial charge in [-0.2, -0.15) is 0 Å². The summed E-state index contributed by atoms with van der Waals surface area (Å²) in [6.45, 7) is 5.87. The Morgan fingerprint density at radius 2 is 2.13 bits per heavy atom. The van der Waals surface area contributed by atoms with Gasteiger partial charge in [-0.25, -0.2) is 0 Å². The van der Waals surface area contributed by atoms with Crippen molar-refractivity contribution in [2.45, 2.75) is 32.7 Å². The number of carbonyl (C=O) groups is 2. The Kier molecular flexibility index (Phi) is 4.78. The molecule has 4 rings (SSSR count). The maximum absolute atomic E-state index is 12.7. The summed E-state index contributed by atoms with van der Waals surface area (Å²) in [5.74, 6) is 0.118. The van der Waals surface area contributed by atoms with Gasteiger partial charge in [-0.15, -0.1) is 11.3 Å². The fraction of sp³-hybridized carbons (Fsp3) is 0.529. The largest absolute Gasteiger partial charge is 0.335 e. The van der Waals surface area contributed by atoms with Gasteiger partial charge in [0.2, 0.25) is 5.91 Å². The standard InChI is InChI=1S/C17H21ClN2O2S/c1-11(2)7-8-20-13-4-3-12(16(20)21)9-19(10-13)17(22)14-5-6-15(18)23-14/h5-7,12-13H,3-4,8-10H2,1-2H3/t12-,13+/m0/s1.